The number of likely N-dealkylation sites (N-methyl/N-ethyl adjacent to an activating group) is 1. The number of carbonyl (C=O) groups excluding carboxylic acids is 2. The third-order valence-electron chi connectivity index (χ3n) is 4.12. The van der Waals surface area contributed by atoms with Crippen molar-refractivity contribution < 1.29 is 14.0 Å². The summed E-state index contributed by atoms with van der Waals surface area (Å²) in [6, 6.07) is 13.1. The van der Waals surface area contributed by atoms with Crippen molar-refractivity contribution in [3.8, 4) is 0 Å². The van der Waals surface area contributed by atoms with Crippen molar-refractivity contribution in [2.24, 2.45) is 0 Å². The van der Waals surface area contributed by atoms with Gasteiger partial charge in [-0.2, -0.15) is 0 Å². The molecule has 0 saturated heterocycles. The van der Waals surface area contributed by atoms with Crippen LogP contribution in [0.3, 0.4) is 0 Å². The van der Waals surface area contributed by atoms with Crippen LogP contribution in [0.4, 0.5) is 4.39 Å². The maximum Gasteiger partial charge on any atom is 0.242 e. The van der Waals surface area contributed by atoms with Crippen molar-refractivity contribution in [1.29, 1.82) is 0 Å². The van der Waals surface area contributed by atoms with Gasteiger partial charge in [0.1, 0.15) is 11.9 Å². The minimum atomic E-state index is -0.618. The van der Waals surface area contributed by atoms with Crippen molar-refractivity contribution in [3.63, 3.8) is 0 Å². The van der Waals surface area contributed by atoms with Crippen LogP contribution in [-0.4, -0.2) is 29.8 Å². The van der Waals surface area contributed by atoms with Crippen LogP contribution in [-0.2, 0) is 22.6 Å². The maximum absolute atomic E-state index is 13.1. The topological polar surface area (TPSA) is 49.4 Å². The van der Waals surface area contributed by atoms with Crippen LogP contribution < -0.4 is 5.32 Å². The van der Waals surface area contributed by atoms with Crippen LogP contribution in [0.15, 0.2) is 48.5 Å². The lowest BCUT2D eigenvalue weighted by Crippen LogP contribution is -2.47. The second-order valence-corrected chi connectivity index (χ2v) is 6.10. The summed E-state index contributed by atoms with van der Waals surface area (Å²) in [6.07, 6.45) is 0.213. The smallest absolute Gasteiger partial charge is 0.242 e. The molecular formula is C20H23FN2O2. The quantitative estimate of drug-likeness (QED) is 0.878. The van der Waals surface area contributed by atoms with Gasteiger partial charge in [-0.15, -0.1) is 0 Å². The standard InChI is InChI=1S/C20H23FN2O2/c1-14-5-4-6-17(11-14)12-19(24)23(15(2)20(25)22-3)13-16-7-9-18(21)10-8-16/h4-11,15H,12-13H2,1-3H3,(H,22,25). The average molecular weight is 342 g/mol. The van der Waals surface area contributed by atoms with E-state index >= 15 is 0 Å². The van der Waals surface area contributed by atoms with E-state index in [1.807, 2.05) is 31.2 Å². The van der Waals surface area contributed by atoms with E-state index in [1.54, 1.807) is 26.1 Å². The molecule has 0 aliphatic rings. The largest absolute Gasteiger partial charge is 0.357 e. The van der Waals surface area contributed by atoms with Gasteiger partial charge in [0.05, 0.1) is 6.42 Å². The van der Waals surface area contributed by atoms with Gasteiger partial charge in [0, 0.05) is 13.6 Å². The van der Waals surface area contributed by atoms with Gasteiger partial charge in [0.25, 0.3) is 0 Å². The number of carbonyl (C=O) groups is 2. The van der Waals surface area contributed by atoms with E-state index in [-0.39, 0.29) is 30.6 Å². The molecule has 0 aromatic heterocycles. The molecule has 0 heterocycles. The number of hydrogen-bond donors (Lipinski definition) is 1. The number of rotatable bonds is 6. The highest BCUT2D eigenvalue weighted by Crippen LogP contribution is 2.14. The van der Waals surface area contributed by atoms with Gasteiger partial charge in [0.2, 0.25) is 11.8 Å². The summed E-state index contributed by atoms with van der Waals surface area (Å²) < 4.78 is 13.1. The molecule has 0 fully saturated rings. The van der Waals surface area contributed by atoms with Crippen LogP contribution >= 0.6 is 0 Å². The molecule has 0 aliphatic heterocycles. The summed E-state index contributed by atoms with van der Waals surface area (Å²) in [6.45, 7) is 3.91. The first-order valence-electron chi connectivity index (χ1n) is 8.21. The molecule has 2 amide bonds. The summed E-state index contributed by atoms with van der Waals surface area (Å²) in [4.78, 5) is 26.4. The zero-order chi connectivity index (χ0) is 18.4. The highest BCUT2D eigenvalue weighted by atomic mass is 19.1. The van der Waals surface area contributed by atoms with Gasteiger partial charge in [-0.1, -0.05) is 42.0 Å². The number of aryl methyl sites for hydroxylation is 1. The van der Waals surface area contributed by atoms with E-state index in [1.165, 1.54) is 17.0 Å². The number of nitrogens with zero attached hydrogens (tertiary/aromatic N) is 1. The van der Waals surface area contributed by atoms with Gasteiger partial charge in [-0.05, 0) is 37.1 Å². The Balaban J connectivity index is 2.21. The van der Waals surface area contributed by atoms with Gasteiger partial charge in [-0.25, -0.2) is 4.39 Å². The van der Waals surface area contributed by atoms with Crippen molar-refractivity contribution in [3.05, 3.63) is 71.0 Å². The Kier molecular flexibility index (Phi) is 6.28. The minimum Gasteiger partial charge on any atom is -0.357 e. The van der Waals surface area contributed by atoms with E-state index in [9.17, 15) is 14.0 Å². The van der Waals surface area contributed by atoms with Crippen molar-refractivity contribution in [1.82, 2.24) is 10.2 Å². The molecule has 1 N–H and O–H groups in total. The first-order chi connectivity index (χ1) is 11.9. The molecule has 1 unspecified atom stereocenters. The van der Waals surface area contributed by atoms with Gasteiger partial charge >= 0.3 is 0 Å². The second-order valence-electron chi connectivity index (χ2n) is 6.10. The highest BCUT2D eigenvalue weighted by molar-refractivity contribution is 5.88. The van der Waals surface area contributed by atoms with Crippen molar-refractivity contribution in [2.45, 2.75) is 32.9 Å². The molecule has 2 aromatic rings. The molecule has 2 rings (SSSR count). The van der Waals surface area contributed by atoms with E-state index in [0.29, 0.717) is 0 Å². The normalized spacial score (nSPS) is 11.7. The molecule has 0 saturated carbocycles. The maximum atomic E-state index is 13.1. The lowest BCUT2D eigenvalue weighted by Gasteiger charge is -2.28. The Labute approximate surface area is 147 Å². The first kappa shape index (κ1) is 18.6. The molecule has 0 spiro atoms. The number of halogens is 1. The van der Waals surface area contributed by atoms with E-state index < -0.39 is 6.04 Å². The average Bonchev–Trinajstić information content (AvgIpc) is 2.59. The monoisotopic (exact) mass is 342 g/mol. The van der Waals surface area contributed by atoms with E-state index in [2.05, 4.69) is 5.32 Å². The molecule has 2 aromatic carbocycles. The summed E-state index contributed by atoms with van der Waals surface area (Å²) >= 11 is 0. The summed E-state index contributed by atoms with van der Waals surface area (Å²) in [5, 5.41) is 2.58. The lowest BCUT2D eigenvalue weighted by molar-refractivity contribution is -0.139. The predicted octanol–water partition coefficient (Wildman–Crippen LogP) is 2.84. The van der Waals surface area contributed by atoms with E-state index in [4.69, 9.17) is 0 Å². The molecule has 4 nitrogen and oxygen atoms in total. The van der Waals surface area contributed by atoms with Crippen molar-refractivity contribution in [2.75, 3.05) is 7.05 Å². The Bertz CT molecular complexity index is 744. The third kappa shape index (κ3) is 5.14. The number of hydrogen-bond acceptors (Lipinski definition) is 2. The molecule has 0 radical (unpaired) electrons. The summed E-state index contributed by atoms with van der Waals surface area (Å²) in [7, 11) is 1.54. The number of amides is 2. The summed E-state index contributed by atoms with van der Waals surface area (Å²) in [5.41, 5.74) is 2.75. The second kappa shape index (κ2) is 8.42. The SMILES string of the molecule is CNC(=O)C(C)N(Cc1ccc(F)cc1)C(=O)Cc1cccc(C)c1. The number of benzene rings is 2. The van der Waals surface area contributed by atoms with E-state index in [0.717, 1.165) is 16.7 Å². The third-order valence-corrected chi connectivity index (χ3v) is 4.12. The van der Waals surface area contributed by atoms with Gasteiger partial charge in [-0.3, -0.25) is 9.59 Å². The molecule has 1 atom stereocenters. The fourth-order valence-electron chi connectivity index (χ4n) is 2.68. The first-order valence-corrected chi connectivity index (χ1v) is 8.21. The van der Waals surface area contributed by atoms with Crippen LogP contribution in [0.1, 0.15) is 23.6 Å². The van der Waals surface area contributed by atoms with Gasteiger partial charge < -0.3 is 10.2 Å². The lowest BCUT2D eigenvalue weighted by atomic mass is 10.1. The molecule has 25 heavy (non-hydrogen) atoms. The van der Waals surface area contributed by atoms with Gasteiger partial charge in [0.15, 0.2) is 0 Å². The minimum absolute atomic E-state index is 0.147. The zero-order valence-electron chi connectivity index (χ0n) is 14.8. The zero-order valence-corrected chi connectivity index (χ0v) is 14.8. The van der Waals surface area contributed by atoms with Crippen LogP contribution in [0.25, 0.3) is 0 Å². The van der Waals surface area contributed by atoms with Crippen LogP contribution in [0.5, 0.6) is 0 Å². The highest BCUT2D eigenvalue weighted by Gasteiger charge is 2.25. The van der Waals surface area contributed by atoms with Crippen LogP contribution in [0.2, 0.25) is 0 Å². The number of nitrogens with one attached hydrogen (secondary N) is 1. The Hall–Kier alpha value is -2.69. The molecule has 0 bridgehead atoms. The Morgan fingerprint density at radius 1 is 1.12 bits per heavy atom. The fourth-order valence-corrected chi connectivity index (χ4v) is 2.68. The molecular weight excluding hydrogens is 319 g/mol. The Morgan fingerprint density at radius 2 is 1.80 bits per heavy atom. The van der Waals surface area contributed by atoms with Crippen molar-refractivity contribution >= 4 is 11.8 Å². The molecule has 0 aliphatic carbocycles. The Morgan fingerprint density at radius 3 is 2.40 bits per heavy atom. The molecule has 5 heteroatoms. The predicted molar refractivity (Wildman–Crippen MR) is 95.4 cm³/mol. The fraction of sp³-hybridized carbons (Fsp3) is 0.300. The molecule has 132 valence electrons. The van der Waals surface area contributed by atoms with Crippen LogP contribution in [0, 0.1) is 12.7 Å². The summed E-state index contributed by atoms with van der Waals surface area (Å²) in [5.74, 6) is -0.716.